The summed E-state index contributed by atoms with van der Waals surface area (Å²) >= 11 is 0. The van der Waals surface area contributed by atoms with E-state index >= 15 is 4.39 Å². The molecule has 2 aromatic heterocycles. The first-order valence-electron chi connectivity index (χ1n) is 25.8. The number of nitrogens with one attached hydrogen (secondary N) is 8. The smallest absolute Gasteiger partial charge is 0.254 e. The minimum atomic E-state index is -1.79. The van der Waals surface area contributed by atoms with Gasteiger partial charge in [0.05, 0.1) is 32.1 Å². The summed E-state index contributed by atoms with van der Waals surface area (Å²) in [6.45, 7) is 2.76. The van der Waals surface area contributed by atoms with Crippen LogP contribution in [0.15, 0.2) is 109 Å². The number of carbonyl (C=O) groups excluding carboxylic acids is 10. The number of nitrogens with two attached hydrogens (primary N) is 1. The Hall–Kier alpha value is -9.33. The molecule has 0 aliphatic carbocycles. The second-order valence-electron chi connectivity index (χ2n) is 20.1. The monoisotopic (exact) mass is 1120 g/mol. The van der Waals surface area contributed by atoms with E-state index in [1.165, 1.54) is 17.3 Å². The Kier molecular flexibility index (Phi) is 21.4. The molecule has 2 aromatic carbocycles. The SMILES string of the molecule is CC(C)(C)C(c1cc(-c2cc(F)ccc2F)cn1Cc1ccccc1)N(CCC(NC(=O)C(CC(N)=O)NC(=O)[C@@H](CC1=CNCN1)NC(=O)CNC(=O)Cc1ccncc1)C(=O)NCCNC(=O)CN1C(=O)C=CC1=O)C(=O)CO. The van der Waals surface area contributed by atoms with Gasteiger partial charge in [-0.2, -0.15) is 0 Å². The first-order valence-corrected chi connectivity index (χ1v) is 25.8. The molecule has 2 aliphatic rings. The molecule has 0 fully saturated rings. The lowest BCUT2D eigenvalue weighted by Gasteiger charge is -2.41. The Labute approximate surface area is 464 Å². The van der Waals surface area contributed by atoms with E-state index in [1.54, 1.807) is 55.9 Å². The molecule has 0 saturated carbocycles. The van der Waals surface area contributed by atoms with Gasteiger partial charge >= 0.3 is 0 Å². The molecule has 4 atom stereocenters. The quantitative estimate of drug-likeness (QED) is 0.0251. The zero-order valence-corrected chi connectivity index (χ0v) is 44.8. The van der Waals surface area contributed by atoms with Crippen LogP contribution >= 0.6 is 0 Å². The second kappa shape index (κ2) is 28.5. The molecule has 26 heteroatoms. The normalized spacial score (nSPS) is 14.3. The van der Waals surface area contributed by atoms with Crippen LogP contribution in [-0.2, 0) is 60.9 Å². The fourth-order valence-corrected chi connectivity index (χ4v) is 9.01. The van der Waals surface area contributed by atoms with Crippen LogP contribution in [0.3, 0.4) is 0 Å². The molecule has 0 saturated heterocycles. The van der Waals surface area contributed by atoms with Gasteiger partial charge in [-0.1, -0.05) is 51.1 Å². The fraction of sp³-hybridized carbons (Fsp3) is 0.364. The molecular formula is C55H65F2N13O11. The third-order valence-electron chi connectivity index (χ3n) is 12.8. The van der Waals surface area contributed by atoms with Crippen molar-refractivity contribution in [2.45, 2.75) is 77.2 Å². The van der Waals surface area contributed by atoms with Gasteiger partial charge < -0.3 is 62.8 Å². The van der Waals surface area contributed by atoms with E-state index in [0.717, 1.165) is 35.9 Å². The third-order valence-corrected chi connectivity index (χ3v) is 12.8. The summed E-state index contributed by atoms with van der Waals surface area (Å²) < 4.78 is 31.9. The van der Waals surface area contributed by atoms with E-state index in [-0.39, 0.29) is 50.3 Å². The minimum Gasteiger partial charge on any atom is -0.387 e. The molecule has 0 radical (unpaired) electrons. The number of nitrogens with zero attached hydrogens (tertiary/aromatic N) is 4. The standard InChI is InChI=1S/C55H65F2N13O11/c1-55(2,3)51(43-22-35(38-23-36(56)9-10-39(38)57)29-68(43)28-34-7-5-4-6-8-34)69(50(78)31-71)20-15-40(52(79)62-19-18-61-47(75)30-70-48(76)11-12-49(70)77)66-54(81)42(25-44(58)72)67-53(80)41(24-37-26-60-32-64-37)65-46(74)27-63-45(73)21-33-13-16-59-17-14-33/h4-14,16-17,22-23,26,29,40-42,51,60,64,71H,15,18-21,24-25,27-28,30-32H2,1-3H3,(H2,58,72)(H,61,75)(H,62,79)(H,63,73)(H,65,74)(H,66,81)(H,67,80)/t40?,41-,42?,51?/m1/s1. The summed E-state index contributed by atoms with van der Waals surface area (Å²) in [4.78, 5) is 138. The summed E-state index contributed by atoms with van der Waals surface area (Å²) in [5.74, 6) is -9.75. The fourth-order valence-electron chi connectivity index (χ4n) is 9.01. The first-order chi connectivity index (χ1) is 38.6. The van der Waals surface area contributed by atoms with Gasteiger partial charge in [0.15, 0.2) is 0 Å². The number of pyridine rings is 1. The van der Waals surface area contributed by atoms with Crippen LogP contribution in [0, 0.1) is 17.0 Å². The zero-order chi connectivity index (χ0) is 58.8. The second-order valence-corrected chi connectivity index (χ2v) is 20.1. The van der Waals surface area contributed by atoms with E-state index in [4.69, 9.17) is 5.73 Å². The van der Waals surface area contributed by atoms with Crippen molar-refractivity contribution in [2.75, 3.05) is 46.0 Å². The molecule has 0 bridgehead atoms. The summed E-state index contributed by atoms with van der Waals surface area (Å²) in [5, 5.41) is 31.5. The number of benzene rings is 2. The first kappa shape index (κ1) is 60.9. The Bertz CT molecular complexity index is 3020. The number of hydrogen-bond donors (Lipinski definition) is 10. The van der Waals surface area contributed by atoms with E-state index in [0.29, 0.717) is 21.9 Å². The lowest BCUT2D eigenvalue weighted by Crippen LogP contribution is -2.58. The van der Waals surface area contributed by atoms with Crippen molar-refractivity contribution in [3.63, 3.8) is 0 Å². The molecule has 4 heterocycles. The molecule has 4 aromatic rings. The van der Waals surface area contributed by atoms with Crippen LogP contribution in [-0.4, -0.2) is 148 Å². The average molecular weight is 1120 g/mol. The van der Waals surface area contributed by atoms with Crippen LogP contribution in [0.5, 0.6) is 0 Å². The van der Waals surface area contributed by atoms with Crippen LogP contribution in [0.25, 0.3) is 11.1 Å². The van der Waals surface area contributed by atoms with Crippen molar-refractivity contribution in [1.29, 1.82) is 0 Å². The molecule has 430 valence electrons. The van der Waals surface area contributed by atoms with E-state index in [9.17, 15) is 57.4 Å². The zero-order valence-electron chi connectivity index (χ0n) is 44.8. The maximum absolute atomic E-state index is 15.4. The highest BCUT2D eigenvalue weighted by molar-refractivity contribution is 6.14. The lowest BCUT2D eigenvalue weighted by atomic mass is 9.82. The highest BCUT2D eigenvalue weighted by Gasteiger charge is 2.39. The molecule has 2 aliphatic heterocycles. The number of rotatable bonds is 28. The number of amides is 10. The molecule has 0 spiro atoms. The number of aliphatic hydroxyl groups is 1. The Balaban J connectivity index is 1.27. The molecule has 10 amide bonds. The van der Waals surface area contributed by atoms with Gasteiger partial charge in [-0.15, -0.1) is 0 Å². The number of halogens is 2. The Morgan fingerprint density at radius 1 is 0.790 bits per heavy atom. The summed E-state index contributed by atoms with van der Waals surface area (Å²) in [6.07, 6.45) is 6.70. The van der Waals surface area contributed by atoms with Crippen LogP contribution in [0.2, 0.25) is 0 Å². The number of aliphatic hydroxyl groups excluding tert-OH is 1. The van der Waals surface area contributed by atoms with Gasteiger partial charge in [-0.05, 0) is 59.4 Å². The number of hydrogen-bond acceptors (Lipinski definition) is 14. The van der Waals surface area contributed by atoms with Gasteiger partial charge in [0.1, 0.15) is 42.9 Å². The van der Waals surface area contributed by atoms with Crippen molar-refractivity contribution in [3.8, 4) is 11.1 Å². The van der Waals surface area contributed by atoms with Crippen LogP contribution < -0.4 is 48.3 Å². The van der Waals surface area contributed by atoms with E-state index < -0.39 is 139 Å². The molecule has 3 unspecified atom stereocenters. The van der Waals surface area contributed by atoms with E-state index in [2.05, 4.69) is 47.5 Å². The summed E-state index contributed by atoms with van der Waals surface area (Å²) in [5.41, 5.74) is 7.19. The Morgan fingerprint density at radius 3 is 2.12 bits per heavy atom. The minimum absolute atomic E-state index is 0.0674. The van der Waals surface area contributed by atoms with Crippen molar-refractivity contribution in [3.05, 3.63) is 138 Å². The van der Waals surface area contributed by atoms with Crippen molar-refractivity contribution < 1.29 is 61.8 Å². The van der Waals surface area contributed by atoms with Crippen LogP contribution in [0.4, 0.5) is 8.78 Å². The predicted octanol–water partition coefficient (Wildman–Crippen LogP) is -0.597. The molecule has 11 N–H and O–H groups in total. The maximum Gasteiger partial charge on any atom is 0.254 e. The van der Waals surface area contributed by atoms with Crippen molar-refractivity contribution >= 4 is 59.1 Å². The maximum atomic E-state index is 15.4. The summed E-state index contributed by atoms with van der Waals surface area (Å²) in [6, 6.07) is 11.2. The predicted molar refractivity (Wildman–Crippen MR) is 287 cm³/mol. The molecule has 81 heavy (non-hydrogen) atoms. The molecule has 6 rings (SSSR count). The van der Waals surface area contributed by atoms with Gasteiger partial charge in [0.25, 0.3) is 11.8 Å². The number of imide groups is 1. The van der Waals surface area contributed by atoms with Gasteiger partial charge in [0.2, 0.25) is 47.3 Å². The van der Waals surface area contributed by atoms with Gasteiger partial charge in [-0.25, -0.2) is 8.78 Å². The number of primary amides is 1. The van der Waals surface area contributed by atoms with Gasteiger partial charge in [0, 0.05) is 92.1 Å². The Morgan fingerprint density at radius 2 is 1.47 bits per heavy atom. The highest BCUT2D eigenvalue weighted by Crippen LogP contribution is 2.41. The lowest BCUT2D eigenvalue weighted by molar-refractivity contribution is -0.141. The van der Waals surface area contributed by atoms with Crippen molar-refractivity contribution in [2.24, 2.45) is 11.1 Å². The van der Waals surface area contributed by atoms with E-state index in [1.807, 2.05) is 30.3 Å². The number of carbonyl (C=O) groups is 10. The molecule has 24 nitrogen and oxygen atoms in total. The van der Waals surface area contributed by atoms with Crippen LogP contribution in [0.1, 0.15) is 62.9 Å². The molecular weight excluding hydrogens is 1060 g/mol. The highest BCUT2D eigenvalue weighted by atomic mass is 19.1. The van der Waals surface area contributed by atoms with Crippen molar-refractivity contribution in [1.82, 2.24) is 61.9 Å². The summed E-state index contributed by atoms with van der Waals surface area (Å²) in [7, 11) is 0. The topological polar surface area (TPSA) is 337 Å². The average Bonchev–Trinajstić information content (AvgIpc) is 4.35. The number of aromatic nitrogens is 2. The largest absolute Gasteiger partial charge is 0.387 e. The third kappa shape index (κ3) is 17.8. The van der Waals surface area contributed by atoms with Gasteiger partial charge in [-0.3, -0.25) is 57.8 Å².